The standard InChI is InChI=1S/C50H88NO9P/c1-6-8-10-12-14-16-18-20-21-22-23-24-25-27-29-31-33-35-37-41-50(54)60-48(46-59-61(55,56)58-44-43-51(3,4)5)45-57-49(53)42-38-40-47(52)39-36-34-32-30-28-26-19-17-15-13-11-9-7-2/h15,17,20-21,26,28,32,34,36,39,48H,6-14,16,18-19,22-25,27,29-31,33,35,37-38,40-46H2,1-5H3/b17-15-,21-20-,28-26-,34-32-,39-36+/t48-/m1/s1. The van der Waals surface area contributed by atoms with Crippen LogP contribution in [0, 0.1) is 0 Å². The van der Waals surface area contributed by atoms with Crippen molar-refractivity contribution in [1.82, 2.24) is 0 Å². The predicted molar refractivity (Wildman–Crippen MR) is 250 cm³/mol. The molecule has 0 saturated heterocycles. The van der Waals surface area contributed by atoms with Crippen molar-refractivity contribution in [3.8, 4) is 0 Å². The number of hydrogen-bond donors (Lipinski definition) is 0. The molecule has 11 heteroatoms. The summed E-state index contributed by atoms with van der Waals surface area (Å²) in [5.41, 5.74) is 0. The van der Waals surface area contributed by atoms with E-state index in [-0.39, 0.29) is 44.7 Å². The van der Waals surface area contributed by atoms with Crippen LogP contribution in [-0.4, -0.2) is 75.8 Å². The molecule has 1 unspecified atom stereocenters. The Bertz CT molecular complexity index is 1280. The molecule has 0 spiro atoms. The van der Waals surface area contributed by atoms with Crippen molar-refractivity contribution in [3.63, 3.8) is 0 Å². The van der Waals surface area contributed by atoms with Gasteiger partial charge in [0.15, 0.2) is 11.9 Å². The first-order valence-electron chi connectivity index (χ1n) is 23.9. The summed E-state index contributed by atoms with van der Waals surface area (Å²) in [6.07, 6.45) is 46.8. The van der Waals surface area contributed by atoms with Crippen LogP contribution in [0.1, 0.15) is 187 Å². The van der Waals surface area contributed by atoms with Crippen LogP contribution in [-0.2, 0) is 37.5 Å². The lowest BCUT2D eigenvalue weighted by molar-refractivity contribution is -0.870. The fraction of sp³-hybridized carbons (Fsp3) is 0.740. The largest absolute Gasteiger partial charge is 0.756 e. The van der Waals surface area contributed by atoms with Crippen molar-refractivity contribution < 1.29 is 46.8 Å². The molecule has 0 aromatic carbocycles. The molecule has 0 aromatic rings. The number of nitrogens with zero attached hydrogens (tertiary/aromatic N) is 1. The van der Waals surface area contributed by atoms with E-state index < -0.39 is 32.5 Å². The second-order valence-corrected chi connectivity index (χ2v) is 18.6. The number of carbonyl (C=O) groups excluding carboxylic acids is 3. The minimum Gasteiger partial charge on any atom is -0.756 e. The van der Waals surface area contributed by atoms with E-state index in [0.29, 0.717) is 17.4 Å². The second-order valence-electron chi connectivity index (χ2n) is 17.2. The maximum Gasteiger partial charge on any atom is 0.306 e. The number of allylic oxidation sites excluding steroid dienone is 10. The first-order chi connectivity index (χ1) is 29.4. The molecule has 0 saturated carbocycles. The van der Waals surface area contributed by atoms with E-state index in [1.807, 2.05) is 33.3 Å². The van der Waals surface area contributed by atoms with Gasteiger partial charge in [0.25, 0.3) is 7.82 Å². The Morgan fingerprint density at radius 3 is 1.66 bits per heavy atom. The van der Waals surface area contributed by atoms with E-state index in [9.17, 15) is 23.8 Å². The molecule has 61 heavy (non-hydrogen) atoms. The lowest BCUT2D eigenvalue weighted by Crippen LogP contribution is -2.37. The summed E-state index contributed by atoms with van der Waals surface area (Å²) in [4.78, 5) is 49.9. The van der Waals surface area contributed by atoms with Gasteiger partial charge in [-0.15, -0.1) is 0 Å². The topological polar surface area (TPSA) is 128 Å². The number of esters is 2. The molecule has 10 nitrogen and oxygen atoms in total. The van der Waals surface area contributed by atoms with Gasteiger partial charge in [0.05, 0.1) is 27.7 Å². The number of quaternary nitrogens is 1. The number of rotatable bonds is 43. The molecule has 0 rings (SSSR count). The average molecular weight is 878 g/mol. The maximum absolute atomic E-state index is 12.7. The first-order valence-corrected chi connectivity index (χ1v) is 25.4. The number of phosphoric ester groups is 1. The Labute approximate surface area is 372 Å². The molecule has 0 radical (unpaired) electrons. The number of ketones is 1. The van der Waals surface area contributed by atoms with Crippen LogP contribution in [0.15, 0.2) is 60.8 Å². The highest BCUT2D eigenvalue weighted by Gasteiger charge is 2.22. The molecule has 0 fully saturated rings. The first kappa shape index (κ1) is 58.4. The number of hydrogen-bond acceptors (Lipinski definition) is 9. The van der Waals surface area contributed by atoms with E-state index in [2.05, 4.69) is 50.3 Å². The monoisotopic (exact) mass is 878 g/mol. The molecular formula is C50H88NO9P. The fourth-order valence-electron chi connectivity index (χ4n) is 6.19. The molecule has 0 bridgehead atoms. The number of likely N-dealkylation sites (N-methyl/N-ethyl adjacent to an activating group) is 1. The zero-order chi connectivity index (χ0) is 45.1. The third kappa shape index (κ3) is 45.2. The van der Waals surface area contributed by atoms with Gasteiger partial charge in [0, 0.05) is 19.3 Å². The summed E-state index contributed by atoms with van der Waals surface area (Å²) in [5, 5.41) is 0. The van der Waals surface area contributed by atoms with Crippen molar-refractivity contribution in [2.45, 2.75) is 193 Å². The van der Waals surface area contributed by atoms with Gasteiger partial charge in [0.2, 0.25) is 0 Å². The SMILES string of the molecule is CCCCC/C=C\C/C=C\C/C=C\C=C\C(=O)CCCC(=O)OC[C@H](COP(=O)([O-])OCC[N+](C)(C)C)OC(=O)CCCCCCCCCCC/C=C\CCCCCCCC. The highest BCUT2D eigenvalue weighted by Crippen LogP contribution is 2.38. The van der Waals surface area contributed by atoms with Gasteiger partial charge >= 0.3 is 11.9 Å². The summed E-state index contributed by atoms with van der Waals surface area (Å²) < 4.78 is 33.7. The number of unbranched alkanes of at least 4 members (excludes halogenated alkanes) is 18. The molecular weight excluding hydrogens is 790 g/mol. The van der Waals surface area contributed by atoms with Crippen LogP contribution in [0.5, 0.6) is 0 Å². The number of phosphoric acid groups is 1. The minimum absolute atomic E-state index is 0.0142. The smallest absolute Gasteiger partial charge is 0.306 e. The van der Waals surface area contributed by atoms with E-state index in [1.165, 1.54) is 109 Å². The van der Waals surface area contributed by atoms with Crippen molar-refractivity contribution in [2.75, 3.05) is 47.5 Å². The van der Waals surface area contributed by atoms with Crippen LogP contribution < -0.4 is 4.89 Å². The van der Waals surface area contributed by atoms with Gasteiger partial charge in [-0.1, -0.05) is 158 Å². The average Bonchev–Trinajstić information content (AvgIpc) is 3.21. The lowest BCUT2D eigenvalue weighted by atomic mass is 10.1. The van der Waals surface area contributed by atoms with E-state index in [1.54, 1.807) is 6.08 Å². The van der Waals surface area contributed by atoms with E-state index in [4.69, 9.17) is 18.5 Å². The maximum atomic E-state index is 12.7. The fourth-order valence-corrected chi connectivity index (χ4v) is 6.92. The molecule has 0 aromatic heterocycles. The Morgan fingerprint density at radius 1 is 0.557 bits per heavy atom. The Hall–Kier alpha value is -2.62. The van der Waals surface area contributed by atoms with Gasteiger partial charge < -0.3 is 27.9 Å². The Morgan fingerprint density at radius 2 is 1.05 bits per heavy atom. The van der Waals surface area contributed by atoms with Crippen molar-refractivity contribution in [3.05, 3.63) is 60.8 Å². The summed E-state index contributed by atoms with van der Waals surface area (Å²) in [5.74, 6) is -1.20. The summed E-state index contributed by atoms with van der Waals surface area (Å²) in [7, 11) is 1.03. The van der Waals surface area contributed by atoms with Gasteiger partial charge in [0.1, 0.15) is 19.8 Å². The van der Waals surface area contributed by atoms with Crippen LogP contribution in [0.4, 0.5) is 0 Å². The quantitative estimate of drug-likeness (QED) is 0.0112. The van der Waals surface area contributed by atoms with Crippen molar-refractivity contribution in [1.29, 1.82) is 0 Å². The predicted octanol–water partition coefficient (Wildman–Crippen LogP) is 12.6. The lowest BCUT2D eigenvalue weighted by Gasteiger charge is -2.28. The van der Waals surface area contributed by atoms with Crippen LogP contribution >= 0.6 is 7.82 Å². The summed E-state index contributed by atoms with van der Waals surface area (Å²) >= 11 is 0. The van der Waals surface area contributed by atoms with Crippen molar-refractivity contribution >= 4 is 25.5 Å². The van der Waals surface area contributed by atoms with Crippen molar-refractivity contribution in [2.24, 2.45) is 0 Å². The molecule has 0 heterocycles. The Kier molecular flexibility index (Phi) is 39.6. The van der Waals surface area contributed by atoms with E-state index >= 15 is 0 Å². The molecule has 0 N–H and O–H groups in total. The molecule has 2 atom stereocenters. The number of ether oxygens (including phenoxy) is 2. The molecule has 0 aliphatic carbocycles. The minimum atomic E-state index is -4.69. The van der Waals surface area contributed by atoms with Crippen LogP contribution in [0.3, 0.4) is 0 Å². The molecule has 0 aliphatic rings. The third-order valence-corrected chi connectivity index (χ3v) is 11.0. The summed E-state index contributed by atoms with van der Waals surface area (Å²) in [6.45, 7) is 3.92. The Balaban J connectivity index is 4.48. The molecule has 352 valence electrons. The molecule has 0 amide bonds. The second kappa shape index (κ2) is 41.4. The van der Waals surface area contributed by atoms with Gasteiger partial charge in [-0.25, -0.2) is 0 Å². The van der Waals surface area contributed by atoms with Gasteiger partial charge in [-0.3, -0.25) is 18.9 Å². The normalized spacial score (nSPS) is 13.9. The van der Waals surface area contributed by atoms with Gasteiger partial charge in [-0.2, -0.15) is 0 Å². The summed E-state index contributed by atoms with van der Waals surface area (Å²) in [6, 6.07) is 0. The van der Waals surface area contributed by atoms with Crippen LogP contribution in [0.2, 0.25) is 0 Å². The van der Waals surface area contributed by atoms with E-state index in [0.717, 1.165) is 38.5 Å². The zero-order valence-electron chi connectivity index (χ0n) is 39.3. The molecule has 0 aliphatic heterocycles. The van der Waals surface area contributed by atoms with Crippen LogP contribution in [0.25, 0.3) is 0 Å². The third-order valence-electron chi connectivity index (χ3n) is 9.99. The highest BCUT2D eigenvalue weighted by molar-refractivity contribution is 7.45. The number of carbonyl (C=O) groups is 3. The van der Waals surface area contributed by atoms with Gasteiger partial charge in [-0.05, 0) is 70.3 Å². The highest BCUT2D eigenvalue weighted by atomic mass is 31.2. The zero-order valence-corrected chi connectivity index (χ0v) is 40.2.